The summed E-state index contributed by atoms with van der Waals surface area (Å²) in [7, 11) is 0. The Hall–Kier alpha value is -3.67. The van der Waals surface area contributed by atoms with E-state index in [0.29, 0.717) is 17.0 Å². The van der Waals surface area contributed by atoms with Gasteiger partial charge in [-0.05, 0) is 42.8 Å². The molecule has 6 heteroatoms. The maximum atomic E-state index is 12.7. The minimum atomic E-state index is -0.156. The van der Waals surface area contributed by atoms with Crippen molar-refractivity contribution in [2.75, 3.05) is 5.73 Å². The van der Waals surface area contributed by atoms with Gasteiger partial charge in [0.15, 0.2) is 5.65 Å². The fraction of sp³-hybridized carbons (Fsp3) is 0.0500. The number of nitrogens with two attached hydrogens (primary N) is 1. The Balaban J connectivity index is 1.83. The van der Waals surface area contributed by atoms with Crippen LogP contribution in [0.4, 0.5) is 5.69 Å². The van der Waals surface area contributed by atoms with E-state index in [-0.39, 0.29) is 5.56 Å². The fourth-order valence-electron chi connectivity index (χ4n) is 2.93. The zero-order valence-electron chi connectivity index (χ0n) is 14.2. The van der Waals surface area contributed by atoms with Gasteiger partial charge in [0.2, 0.25) is 0 Å². The van der Waals surface area contributed by atoms with Gasteiger partial charge in [0.25, 0.3) is 5.56 Å². The number of hydrogen-bond donors (Lipinski definition) is 1. The number of aromatic nitrogens is 4. The maximum absolute atomic E-state index is 12.7. The lowest BCUT2D eigenvalue weighted by Crippen LogP contribution is -2.20. The molecule has 0 amide bonds. The molecule has 4 aromatic rings. The summed E-state index contributed by atoms with van der Waals surface area (Å²) in [5.41, 5.74) is 10.2. The van der Waals surface area contributed by atoms with Gasteiger partial charge in [-0.15, -0.1) is 0 Å². The Bertz CT molecular complexity index is 1170. The Morgan fingerprint density at radius 2 is 1.96 bits per heavy atom. The van der Waals surface area contributed by atoms with Gasteiger partial charge in [-0.25, -0.2) is 9.67 Å². The molecule has 0 bridgehead atoms. The average Bonchev–Trinajstić information content (AvgIpc) is 2.97. The summed E-state index contributed by atoms with van der Waals surface area (Å²) in [4.78, 5) is 21.4. The van der Waals surface area contributed by atoms with Crippen molar-refractivity contribution in [1.82, 2.24) is 19.2 Å². The first-order valence-corrected chi connectivity index (χ1v) is 8.18. The van der Waals surface area contributed by atoms with Crippen molar-refractivity contribution in [3.63, 3.8) is 0 Å². The summed E-state index contributed by atoms with van der Waals surface area (Å²) in [5, 5.41) is 0. The van der Waals surface area contributed by atoms with Crippen molar-refractivity contribution >= 4 is 23.5 Å². The molecule has 3 aromatic heterocycles. The number of fused-ring (bicyclic) bond motifs is 1. The first kappa shape index (κ1) is 15.8. The number of anilines is 1. The van der Waals surface area contributed by atoms with Crippen LogP contribution in [-0.4, -0.2) is 19.2 Å². The number of rotatable bonds is 3. The Kier molecular flexibility index (Phi) is 3.85. The van der Waals surface area contributed by atoms with Crippen LogP contribution >= 0.6 is 0 Å². The minimum absolute atomic E-state index is 0.156. The largest absolute Gasteiger partial charge is 0.399 e. The van der Waals surface area contributed by atoms with E-state index in [1.54, 1.807) is 16.9 Å². The third kappa shape index (κ3) is 2.88. The molecule has 0 aliphatic carbocycles. The number of pyridine rings is 1. The Morgan fingerprint density at radius 3 is 2.73 bits per heavy atom. The molecule has 0 aliphatic heterocycles. The highest BCUT2D eigenvalue weighted by Gasteiger charge is 2.11. The molecule has 0 atom stereocenters. The molecule has 4 rings (SSSR count). The average molecular weight is 343 g/mol. The second-order valence-corrected chi connectivity index (χ2v) is 6.00. The van der Waals surface area contributed by atoms with Gasteiger partial charge < -0.3 is 5.73 Å². The van der Waals surface area contributed by atoms with Crippen molar-refractivity contribution in [3.05, 3.63) is 88.2 Å². The molecule has 2 N–H and O–H groups in total. The predicted octanol–water partition coefficient (Wildman–Crippen LogP) is 2.94. The van der Waals surface area contributed by atoms with Gasteiger partial charge in [0, 0.05) is 35.9 Å². The van der Waals surface area contributed by atoms with Gasteiger partial charge in [-0.2, -0.15) is 4.52 Å². The standard InChI is InChI=1S/C20H17N5O/c1-14-10-19-23-17(8-7-15-4-3-9-22-13-15)12-20(26)25(19)24(14)18-6-2-5-16(21)11-18/h2-13H,21H2,1H3. The molecule has 0 saturated heterocycles. The highest BCUT2D eigenvalue weighted by atomic mass is 16.1. The zero-order valence-corrected chi connectivity index (χ0v) is 14.2. The van der Waals surface area contributed by atoms with Crippen molar-refractivity contribution in [1.29, 1.82) is 0 Å². The van der Waals surface area contributed by atoms with E-state index >= 15 is 0 Å². The quantitative estimate of drug-likeness (QED) is 0.580. The normalized spacial score (nSPS) is 11.4. The highest BCUT2D eigenvalue weighted by Crippen LogP contribution is 2.17. The molecule has 3 heterocycles. The number of hydrogen-bond acceptors (Lipinski definition) is 4. The molecule has 1 aromatic carbocycles. The fourth-order valence-corrected chi connectivity index (χ4v) is 2.93. The second-order valence-electron chi connectivity index (χ2n) is 6.00. The molecule has 0 aliphatic rings. The Labute approximate surface area is 149 Å². The number of aryl methyl sites for hydroxylation is 1. The van der Waals surface area contributed by atoms with Gasteiger partial charge in [-0.3, -0.25) is 9.78 Å². The number of nitrogen functional groups attached to an aromatic ring is 1. The predicted molar refractivity (Wildman–Crippen MR) is 103 cm³/mol. The molecule has 0 unspecified atom stereocenters. The molecule has 0 fully saturated rings. The lowest BCUT2D eigenvalue weighted by molar-refractivity contribution is 0.743. The third-order valence-electron chi connectivity index (χ3n) is 4.06. The van der Waals surface area contributed by atoms with Gasteiger partial charge in [0.1, 0.15) is 0 Å². The van der Waals surface area contributed by atoms with Crippen LogP contribution in [0.25, 0.3) is 23.5 Å². The van der Waals surface area contributed by atoms with Crippen LogP contribution in [0.15, 0.2) is 65.7 Å². The molecule has 26 heavy (non-hydrogen) atoms. The molecule has 128 valence electrons. The smallest absolute Gasteiger partial charge is 0.273 e. The minimum Gasteiger partial charge on any atom is -0.399 e. The zero-order chi connectivity index (χ0) is 18.1. The van der Waals surface area contributed by atoms with Crippen LogP contribution in [0.1, 0.15) is 17.0 Å². The third-order valence-corrected chi connectivity index (χ3v) is 4.06. The summed E-state index contributed by atoms with van der Waals surface area (Å²) in [5.74, 6) is 0. The van der Waals surface area contributed by atoms with E-state index in [4.69, 9.17) is 5.73 Å². The van der Waals surface area contributed by atoms with Crippen molar-refractivity contribution in [3.8, 4) is 5.69 Å². The summed E-state index contributed by atoms with van der Waals surface area (Å²) in [6.07, 6.45) is 7.16. The van der Waals surface area contributed by atoms with Gasteiger partial charge >= 0.3 is 0 Å². The molecule has 6 nitrogen and oxygen atoms in total. The SMILES string of the molecule is Cc1cc2nc(C=Cc3cccnc3)cc(=O)n2n1-c1cccc(N)c1. The van der Waals surface area contributed by atoms with Crippen molar-refractivity contribution < 1.29 is 0 Å². The van der Waals surface area contributed by atoms with E-state index in [2.05, 4.69) is 9.97 Å². The van der Waals surface area contributed by atoms with E-state index < -0.39 is 0 Å². The van der Waals surface area contributed by atoms with Crippen molar-refractivity contribution in [2.45, 2.75) is 6.92 Å². The van der Waals surface area contributed by atoms with Gasteiger partial charge in [0.05, 0.1) is 11.4 Å². The van der Waals surface area contributed by atoms with Crippen LogP contribution in [0.2, 0.25) is 0 Å². The molecular weight excluding hydrogens is 326 g/mol. The van der Waals surface area contributed by atoms with E-state index in [1.807, 2.05) is 66.2 Å². The summed E-state index contributed by atoms with van der Waals surface area (Å²) in [6, 6.07) is 14.6. The number of benzene rings is 1. The van der Waals surface area contributed by atoms with E-state index in [9.17, 15) is 4.79 Å². The first-order valence-electron chi connectivity index (χ1n) is 8.18. The summed E-state index contributed by atoms with van der Waals surface area (Å²) in [6.45, 7) is 1.93. The van der Waals surface area contributed by atoms with Crippen LogP contribution < -0.4 is 11.3 Å². The van der Waals surface area contributed by atoms with Crippen molar-refractivity contribution in [2.24, 2.45) is 0 Å². The summed E-state index contributed by atoms with van der Waals surface area (Å²) >= 11 is 0. The van der Waals surface area contributed by atoms with Crippen LogP contribution in [0.5, 0.6) is 0 Å². The monoisotopic (exact) mass is 343 g/mol. The second kappa shape index (κ2) is 6.33. The maximum Gasteiger partial charge on any atom is 0.273 e. The summed E-state index contributed by atoms with van der Waals surface area (Å²) < 4.78 is 3.36. The molecule has 0 radical (unpaired) electrons. The first-order chi connectivity index (χ1) is 12.6. The molecule has 0 spiro atoms. The van der Waals surface area contributed by atoms with E-state index in [1.165, 1.54) is 6.07 Å². The molecule has 0 saturated carbocycles. The van der Waals surface area contributed by atoms with Crippen LogP contribution in [0, 0.1) is 6.92 Å². The van der Waals surface area contributed by atoms with E-state index in [0.717, 1.165) is 16.9 Å². The topological polar surface area (TPSA) is 78.2 Å². The Morgan fingerprint density at radius 1 is 1.08 bits per heavy atom. The lowest BCUT2D eigenvalue weighted by Gasteiger charge is -2.09. The van der Waals surface area contributed by atoms with Crippen LogP contribution in [-0.2, 0) is 0 Å². The molecular formula is C20H17N5O. The van der Waals surface area contributed by atoms with Crippen LogP contribution in [0.3, 0.4) is 0 Å². The number of nitrogens with zero attached hydrogens (tertiary/aromatic N) is 4. The lowest BCUT2D eigenvalue weighted by atomic mass is 10.2. The van der Waals surface area contributed by atoms with Gasteiger partial charge in [-0.1, -0.05) is 18.2 Å². The highest BCUT2D eigenvalue weighted by molar-refractivity contribution is 5.68.